The fraction of sp³-hybridized carbons (Fsp3) is 0.407. The number of likely N-dealkylation sites (N-methyl/N-ethyl adjacent to an activating group) is 1. The quantitative estimate of drug-likeness (QED) is 0.465. The van der Waals surface area contributed by atoms with Gasteiger partial charge in [0.1, 0.15) is 0 Å². The fourth-order valence-corrected chi connectivity index (χ4v) is 5.98. The lowest BCUT2D eigenvalue weighted by Crippen LogP contribution is -2.44. The molecular weight excluding hydrogens is 488 g/mol. The number of benzene rings is 2. The Bertz CT molecular complexity index is 1350. The van der Waals surface area contributed by atoms with E-state index in [0.717, 1.165) is 54.4 Å². The molecule has 0 amide bonds. The second-order valence-electron chi connectivity index (χ2n) is 9.97. The van der Waals surface area contributed by atoms with E-state index in [9.17, 15) is 8.42 Å². The van der Waals surface area contributed by atoms with Crippen LogP contribution >= 0.6 is 0 Å². The number of rotatable bonds is 8. The van der Waals surface area contributed by atoms with Gasteiger partial charge in [0, 0.05) is 55.6 Å². The molecule has 0 bridgehead atoms. The molecule has 37 heavy (non-hydrogen) atoms. The van der Waals surface area contributed by atoms with Crippen LogP contribution in [0.5, 0.6) is 0 Å². The first-order valence-electron chi connectivity index (χ1n) is 12.6. The molecule has 1 fully saturated rings. The van der Waals surface area contributed by atoms with Crippen LogP contribution in [-0.2, 0) is 34.4 Å². The molecule has 1 aromatic heterocycles. The highest BCUT2D eigenvalue weighted by atomic mass is 32.2. The van der Waals surface area contributed by atoms with Crippen LogP contribution in [0.25, 0.3) is 0 Å². The summed E-state index contributed by atoms with van der Waals surface area (Å²) in [6.45, 7) is 8.69. The molecular formula is C27H34N6O3S. The van der Waals surface area contributed by atoms with Crippen molar-refractivity contribution >= 4 is 27.3 Å². The summed E-state index contributed by atoms with van der Waals surface area (Å²) < 4.78 is 33.6. The number of aromatic nitrogens is 2. The molecule has 2 aliphatic heterocycles. The normalized spacial score (nSPS) is 16.3. The number of nitrogens with zero attached hydrogens (tertiary/aromatic N) is 4. The van der Waals surface area contributed by atoms with E-state index in [1.54, 1.807) is 32.0 Å². The molecule has 2 aliphatic rings. The van der Waals surface area contributed by atoms with E-state index >= 15 is 0 Å². The van der Waals surface area contributed by atoms with Crippen LogP contribution < -0.4 is 14.9 Å². The van der Waals surface area contributed by atoms with Crippen LogP contribution in [0.3, 0.4) is 0 Å². The Morgan fingerprint density at radius 2 is 1.76 bits per heavy atom. The molecule has 10 heteroatoms. The SMILES string of the molecule is CC(C)NS(=O)(=O)c1cccc(Cc2nc(Nc3ccc(N4CCN(C)CC4)cc3)nc3c2COC3)c1. The van der Waals surface area contributed by atoms with Gasteiger partial charge in [-0.05, 0) is 62.9 Å². The van der Waals surface area contributed by atoms with Gasteiger partial charge < -0.3 is 19.9 Å². The van der Waals surface area contributed by atoms with Crippen molar-refractivity contribution in [2.45, 2.75) is 44.4 Å². The van der Waals surface area contributed by atoms with Gasteiger partial charge in [0.25, 0.3) is 0 Å². The minimum atomic E-state index is -3.57. The van der Waals surface area contributed by atoms with E-state index in [2.05, 4.69) is 51.2 Å². The fourth-order valence-electron chi connectivity index (χ4n) is 4.66. The third-order valence-electron chi connectivity index (χ3n) is 6.63. The summed E-state index contributed by atoms with van der Waals surface area (Å²) in [7, 11) is -1.42. The molecule has 2 aromatic carbocycles. The summed E-state index contributed by atoms with van der Waals surface area (Å²) in [4.78, 5) is 14.5. The Morgan fingerprint density at radius 3 is 2.49 bits per heavy atom. The summed E-state index contributed by atoms with van der Waals surface area (Å²) in [5, 5.41) is 3.34. The largest absolute Gasteiger partial charge is 0.370 e. The number of hydrogen-bond acceptors (Lipinski definition) is 8. The molecule has 0 saturated carbocycles. The van der Waals surface area contributed by atoms with Crippen LogP contribution in [-0.4, -0.2) is 62.6 Å². The summed E-state index contributed by atoms with van der Waals surface area (Å²) in [5.41, 5.74) is 5.67. The zero-order valence-corrected chi connectivity index (χ0v) is 22.4. The highest BCUT2D eigenvalue weighted by Gasteiger charge is 2.22. The van der Waals surface area contributed by atoms with Gasteiger partial charge in [0.2, 0.25) is 16.0 Å². The maximum absolute atomic E-state index is 12.7. The first-order chi connectivity index (χ1) is 17.8. The standard InChI is InChI=1S/C27H34N6O3S/c1-19(2)31-37(34,35)23-6-4-5-20(15-23)16-25-24-17-36-18-26(24)30-27(29-25)28-21-7-9-22(10-8-21)33-13-11-32(3)12-14-33/h4-10,15,19,31H,11-14,16-18H2,1-3H3,(H,28,29,30). The Labute approximate surface area is 218 Å². The van der Waals surface area contributed by atoms with Gasteiger partial charge in [-0.25, -0.2) is 23.1 Å². The van der Waals surface area contributed by atoms with E-state index in [4.69, 9.17) is 14.7 Å². The third-order valence-corrected chi connectivity index (χ3v) is 8.28. The molecule has 1 saturated heterocycles. The lowest BCUT2D eigenvalue weighted by molar-refractivity contribution is 0.133. The smallest absolute Gasteiger partial charge is 0.240 e. The Morgan fingerprint density at radius 1 is 1.00 bits per heavy atom. The van der Waals surface area contributed by atoms with Crippen LogP contribution in [0.2, 0.25) is 0 Å². The molecule has 3 aromatic rings. The van der Waals surface area contributed by atoms with Crippen molar-refractivity contribution in [3.8, 4) is 0 Å². The maximum atomic E-state index is 12.7. The van der Waals surface area contributed by atoms with E-state index in [1.807, 2.05) is 6.07 Å². The topological polar surface area (TPSA) is 99.7 Å². The molecule has 9 nitrogen and oxygen atoms in total. The summed E-state index contributed by atoms with van der Waals surface area (Å²) >= 11 is 0. The first-order valence-corrected chi connectivity index (χ1v) is 14.1. The third kappa shape index (κ3) is 6.10. The van der Waals surface area contributed by atoms with Crippen LogP contribution in [0, 0.1) is 0 Å². The van der Waals surface area contributed by atoms with Crippen LogP contribution in [0.15, 0.2) is 53.4 Å². The van der Waals surface area contributed by atoms with Gasteiger partial charge in [-0.15, -0.1) is 0 Å². The minimum absolute atomic E-state index is 0.180. The Kier molecular flexibility index (Phi) is 7.43. The lowest BCUT2D eigenvalue weighted by Gasteiger charge is -2.34. The van der Waals surface area contributed by atoms with E-state index in [0.29, 0.717) is 25.6 Å². The summed E-state index contributed by atoms with van der Waals surface area (Å²) in [6, 6.07) is 15.2. The second kappa shape index (κ2) is 10.7. The molecule has 0 aliphatic carbocycles. The van der Waals surface area contributed by atoms with Crippen molar-refractivity contribution < 1.29 is 13.2 Å². The molecule has 0 radical (unpaired) electrons. The van der Waals surface area contributed by atoms with E-state index in [1.165, 1.54) is 5.69 Å². The number of fused-ring (bicyclic) bond motifs is 1. The zero-order chi connectivity index (χ0) is 26.0. The predicted octanol–water partition coefficient (Wildman–Crippen LogP) is 3.28. The molecule has 3 heterocycles. The average Bonchev–Trinajstić information content (AvgIpc) is 3.34. The highest BCUT2D eigenvalue weighted by molar-refractivity contribution is 7.89. The molecule has 0 unspecified atom stereocenters. The number of piperazine rings is 1. The molecule has 0 spiro atoms. The van der Waals surface area contributed by atoms with Crippen molar-refractivity contribution in [2.75, 3.05) is 43.4 Å². The predicted molar refractivity (Wildman–Crippen MR) is 145 cm³/mol. The van der Waals surface area contributed by atoms with Gasteiger partial charge in [-0.2, -0.15) is 0 Å². The monoisotopic (exact) mass is 522 g/mol. The van der Waals surface area contributed by atoms with Crippen LogP contribution in [0.4, 0.5) is 17.3 Å². The molecule has 2 N–H and O–H groups in total. The highest BCUT2D eigenvalue weighted by Crippen LogP contribution is 2.27. The number of anilines is 3. The second-order valence-corrected chi connectivity index (χ2v) is 11.7. The van der Waals surface area contributed by atoms with Crippen molar-refractivity contribution in [1.29, 1.82) is 0 Å². The van der Waals surface area contributed by atoms with Crippen molar-refractivity contribution in [3.63, 3.8) is 0 Å². The van der Waals surface area contributed by atoms with Gasteiger partial charge in [0.15, 0.2) is 0 Å². The van der Waals surface area contributed by atoms with Gasteiger partial charge in [-0.1, -0.05) is 12.1 Å². The number of sulfonamides is 1. The molecule has 5 rings (SSSR count). The van der Waals surface area contributed by atoms with Gasteiger partial charge in [0.05, 0.1) is 29.5 Å². The Hall–Kier alpha value is -3.05. The number of nitrogens with one attached hydrogen (secondary N) is 2. The van der Waals surface area contributed by atoms with E-state index in [-0.39, 0.29) is 10.9 Å². The summed E-state index contributed by atoms with van der Waals surface area (Å²) in [5.74, 6) is 0.511. The Balaban J connectivity index is 1.35. The number of ether oxygens (including phenoxy) is 1. The van der Waals surface area contributed by atoms with Crippen molar-refractivity contribution in [3.05, 3.63) is 71.0 Å². The van der Waals surface area contributed by atoms with E-state index < -0.39 is 10.0 Å². The average molecular weight is 523 g/mol. The van der Waals surface area contributed by atoms with Crippen molar-refractivity contribution in [2.24, 2.45) is 0 Å². The minimum Gasteiger partial charge on any atom is -0.370 e. The summed E-state index contributed by atoms with van der Waals surface area (Å²) in [6.07, 6.45) is 0.482. The number of hydrogen-bond donors (Lipinski definition) is 2. The lowest BCUT2D eigenvalue weighted by atomic mass is 10.1. The first kappa shape index (κ1) is 25.6. The van der Waals surface area contributed by atoms with Crippen molar-refractivity contribution in [1.82, 2.24) is 19.6 Å². The molecule has 196 valence electrons. The van der Waals surface area contributed by atoms with Crippen LogP contribution in [0.1, 0.15) is 36.4 Å². The van der Waals surface area contributed by atoms with Gasteiger partial charge in [-0.3, -0.25) is 0 Å². The zero-order valence-electron chi connectivity index (χ0n) is 21.6. The van der Waals surface area contributed by atoms with Gasteiger partial charge >= 0.3 is 0 Å². The maximum Gasteiger partial charge on any atom is 0.240 e. The molecule has 0 atom stereocenters.